The average molecular weight is 332 g/mol. The second-order valence-electron chi connectivity index (χ2n) is 5.75. The molecule has 0 fully saturated rings. The highest BCUT2D eigenvalue weighted by atomic mass is 16.5. The van der Waals surface area contributed by atoms with Crippen molar-refractivity contribution in [2.75, 3.05) is 17.7 Å². The zero-order valence-electron chi connectivity index (χ0n) is 14.2. The van der Waals surface area contributed by atoms with Crippen molar-refractivity contribution in [3.8, 4) is 5.75 Å². The van der Waals surface area contributed by atoms with Gasteiger partial charge in [-0.2, -0.15) is 0 Å². The first-order chi connectivity index (χ1) is 12.1. The van der Waals surface area contributed by atoms with E-state index in [2.05, 4.69) is 29.7 Å². The summed E-state index contributed by atoms with van der Waals surface area (Å²) in [6, 6.07) is 22.8. The van der Waals surface area contributed by atoms with Crippen LogP contribution >= 0.6 is 0 Å². The highest BCUT2D eigenvalue weighted by Crippen LogP contribution is 2.20. The Morgan fingerprint density at radius 1 is 0.840 bits per heavy atom. The lowest BCUT2D eigenvalue weighted by atomic mass is 10.2. The van der Waals surface area contributed by atoms with Crippen LogP contribution in [0.5, 0.6) is 5.75 Å². The van der Waals surface area contributed by atoms with Crippen molar-refractivity contribution in [2.24, 2.45) is 0 Å². The molecule has 0 aromatic heterocycles. The first-order valence-electron chi connectivity index (χ1n) is 8.03. The molecule has 4 heteroatoms. The first kappa shape index (κ1) is 16.6. The van der Waals surface area contributed by atoms with Crippen LogP contribution in [0.15, 0.2) is 72.8 Å². The monoisotopic (exact) mass is 332 g/mol. The third-order valence-electron chi connectivity index (χ3n) is 3.80. The van der Waals surface area contributed by atoms with Crippen molar-refractivity contribution >= 4 is 23.0 Å². The van der Waals surface area contributed by atoms with E-state index in [9.17, 15) is 4.79 Å². The van der Waals surface area contributed by atoms with Crippen molar-refractivity contribution < 1.29 is 9.53 Å². The molecule has 0 saturated heterocycles. The van der Waals surface area contributed by atoms with Gasteiger partial charge >= 0.3 is 0 Å². The van der Waals surface area contributed by atoms with Gasteiger partial charge in [-0.1, -0.05) is 12.1 Å². The van der Waals surface area contributed by atoms with Crippen molar-refractivity contribution in [3.63, 3.8) is 0 Å². The summed E-state index contributed by atoms with van der Waals surface area (Å²) in [5, 5.41) is 6.23. The molecule has 0 saturated carbocycles. The molecule has 25 heavy (non-hydrogen) atoms. The van der Waals surface area contributed by atoms with E-state index in [1.807, 2.05) is 36.4 Å². The molecule has 126 valence electrons. The van der Waals surface area contributed by atoms with E-state index in [4.69, 9.17) is 4.74 Å². The van der Waals surface area contributed by atoms with Crippen molar-refractivity contribution in [2.45, 2.75) is 6.92 Å². The molecule has 0 heterocycles. The molecule has 3 rings (SSSR count). The summed E-state index contributed by atoms with van der Waals surface area (Å²) in [5.74, 6) is 0.574. The summed E-state index contributed by atoms with van der Waals surface area (Å²) in [4.78, 5) is 12.3. The van der Waals surface area contributed by atoms with Crippen molar-refractivity contribution in [3.05, 3.63) is 83.9 Å². The smallest absolute Gasteiger partial charge is 0.255 e. The molecule has 3 aromatic rings. The number of hydrogen-bond donors (Lipinski definition) is 2. The lowest BCUT2D eigenvalue weighted by Crippen LogP contribution is -2.11. The molecular weight excluding hydrogens is 312 g/mol. The molecule has 1 amide bonds. The van der Waals surface area contributed by atoms with Crippen molar-refractivity contribution in [1.29, 1.82) is 0 Å². The second kappa shape index (κ2) is 7.53. The van der Waals surface area contributed by atoms with Crippen molar-refractivity contribution in [1.82, 2.24) is 0 Å². The maximum Gasteiger partial charge on any atom is 0.255 e. The number of aryl methyl sites for hydroxylation is 1. The highest BCUT2D eigenvalue weighted by Gasteiger charge is 2.06. The lowest BCUT2D eigenvalue weighted by Gasteiger charge is -2.09. The van der Waals surface area contributed by atoms with Gasteiger partial charge in [-0.15, -0.1) is 0 Å². The summed E-state index contributed by atoms with van der Waals surface area (Å²) in [6.07, 6.45) is 0. The molecule has 0 atom stereocenters. The first-order valence-corrected chi connectivity index (χ1v) is 8.03. The third kappa shape index (κ3) is 4.38. The van der Waals surface area contributed by atoms with Crippen LogP contribution in [-0.2, 0) is 0 Å². The van der Waals surface area contributed by atoms with Gasteiger partial charge < -0.3 is 15.4 Å². The van der Waals surface area contributed by atoms with Gasteiger partial charge in [-0.25, -0.2) is 0 Å². The summed E-state index contributed by atoms with van der Waals surface area (Å²) in [5.41, 5.74) is 4.54. The minimum absolute atomic E-state index is 0.151. The minimum atomic E-state index is -0.151. The van der Waals surface area contributed by atoms with Crippen LogP contribution in [0.1, 0.15) is 15.9 Å². The maximum atomic E-state index is 12.3. The topological polar surface area (TPSA) is 50.4 Å². The van der Waals surface area contributed by atoms with Crippen LogP contribution in [0.25, 0.3) is 0 Å². The van der Waals surface area contributed by atoms with Gasteiger partial charge in [0.05, 0.1) is 7.11 Å². The molecule has 0 aliphatic rings. The second-order valence-corrected chi connectivity index (χ2v) is 5.75. The molecule has 2 N–H and O–H groups in total. The van der Waals surface area contributed by atoms with Crippen LogP contribution in [0.4, 0.5) is 17.1 Å². The molecule has 0 aliphatic heterocycles. The van der Waals surface area contributed by atoms with Crippen LogP contribution < -0.4 is 15.4 Å². The lowest BCUT2D eigenvalue weighted by molar-refractivity contribution is 0.102. The minimum Gasteiger partial charge on any atom is -0.497 e. The van der Waals surface area contributed by atoms with E-state index in [-0.39, 0.29) is 5.91 Å². The van der Waals surface area contributed by atoms with Crippen LogP contribution in [-0.4, -0.2) is 13.0 Å². The number of methoxy groups -OCH3 is 1. The molecule has 0 radical (unpaired) electrons. The number of amides is 1. The molecule has 0 spiro atoms. The van der Waals surface area contributed by atoms with E-state index >= 15 is 0 Å². The van der Waals surface area contributed by atoms with E-state index < -0.39 is 0 Å². The number of rotatable bonds is 5. The van der Waals surface area contributed by atoms with Gasteiger partial charge in [0, 0.05) is 22.6 Å². The normalized spacial score (nSPS) is 10.2. The van der Waals surface area contributed by atoms with Gasteiger partial charge in [-0.3, -0.25) is 4.79 Å². The molecule has 0 unspecified atom stereocenters. The Labute approximate surface area is 147 Å². The highest BCUT2D eigenvalue weighted by molar-refractivity contribution is 6.04. The van der Waals surface area contributed by atoms with Gasteiger partial charge in [-0.05, 0) is 73.2 Å². The van der Waals surface area contributed by atoms with Gasteiger partial charge in [0.2, 0.25) is 0 Å². The molecule has 0 aliphatic carbocycles. The van der Waals surface area contributed by atoms with Gasteiger partial charge in [0.1, 0.15) is 5.75 Å². The zero-order chi connectivity index (χ0) is 17.6. The Bertz CT molecular complexity index is 856. The standard InChI is InChI=1S/C21H20N2O2/c1-15-4-3-5-19(14-15)22-17-8-10-18(11-9-17)23-21(24)16-6-12-20(25-2)13-7-16/h3-14,22H,1-2H3,(H,23,24). The number of carbonyl (C=O) groups excluding carboxylic acids is 1. The quantitative estimate of drug-likeness (QED) is 0.691. The van der Waals surface area contributed by atoms with E-state index in [1.165, 1.54) is 5.56 Å². The number of hydrogen-bond acceptors (Lipinski definition) is 3. The number of nitrogens with one attached hydrogen (secondary N) is 2. The van der Waals surface area contributed by atoms with Crippen LogP contribution in [0.3, 0.4) is 0 Å². The summed E-state index contributed by atoms with van der Waals surface area (Å²) >= 11 is 0. The fourth-order valence-electron chi connectivity index (χ4n) is 2.47. The Morgan fingerprint density at radius 2 is 1.52 bits per heavy atom. The number of carbonyl (C=O) groups is 1. The fraction of sp³-hybridized carbons (Fsp3) is 0.0952. The van der Waals surface area contributed by atoms with Crippen LogP contribution in [0.2, 0.25) is 0 Å². The van der Waals surface area contributed by atoms with E-state index in [1.54, 1.807) is 31.4 Å². The fourth-order valence-corrected chi connectivity index (χ4v) is 2.47. The Balaban J connectivity index is 1.64. The van der Waals surface area contributed by atoms with Gasteiger partial charge in [0.25, 0.3) is 5.91 Å². The summed E-state index contributed by atoms with van der Waals surface area (Å²) < 4.78 is 5.10. The number of benzene rings is 3. The largest absolute Gasteiger partial charge is 0.497 e. The predicted octanol–water partition coefficient (Wildman–Crippen LogP) is 5.00. The Morgan fingerprint density at radius 3 is 2.16 bits per heavy atom. The summed E-state index contributed by atoms with van der Waals surface area (Å²) in [6.45, 7) is 2.06. The van der Waals surface area contributed by atoms with E-state index in [0.29, 0.717) is 5.56 Å². The van der Waals surface area contributed by atoms with E-state index in [0.717, 1.165) is 22.8 Å². The third-order valence-corrected chi connectivity index (χ3v) is 3.80. The predicted molar refractivity (Wildman–Crippen MR) is 102 cm³/mol. The zero-order valence-corrected chi connectivity index (χ0v) is 14.2. The molecule has 3 aromatic carbocycles. The SMILES string of the molecule is COc1ccc(C(=O)Nc2ccc(Nc3cccc(C)c3)cc2)cc1. The molecule has 4 nitrogen and oxygen atoms in total. The summed E-state index contributed by atoms with van der Waals surface area (Å²) in [7, 11) is 1.60. The Hall–Kier alpha value is -3.27. The van der Waals surface area contributed by atoms with Gasteiger partial charge in [0.15, 0.2) is 0 Å². The average Bonchev–Trinajstić information content (AvgIpc) is 2.63. The van der Waals surface area contributed by atoms with Crippen LogP contribution in [0, 0.1) is 6.92 Å². The molecule has 0 bridgehead atoms. The number of ether oxygens (including phenoxy) is 1. The molecular formula is C21H20N2O2. The number of anilines is 3. The Kier molecular flexibility index (Phi) is 5.00. The maximum absolute atomic E-state index is 12.3.